The number of methoxy groups -OCH3 is 1. The molecule has 1 atom stereocenters. The topological polar surface area (TPSA) is 84.5 Å². The van der Waals surface area contributed by atoms with Gasteiger partial charge in [0.25, 0.3) is 0 Å². The minimum Gasteiger partial charge on any atom is -0.495 e. The highest BCUT2D eigenvalue weighted by molar-refractivity contribution is 7.89. The summed E-state index contributed by atoms with van der Waals surface area (Å²) in [5.74, 6) is 0.00558. The molecule has 1 amide bonds. The highest BCUT2D eigenvalue weighted by Crippen LogP contribution is 2.27. The molecule has 0 saturated heterocycles. The molecule has 0 saturated carbocycles. The van der Waals surface area contributed by atoms with Crippen LogP contribution in [0.1, 0.15) is 19.4 Å². The summed E-state index contributed by atoms with van der Waals surface area (Å²) in [6.45, 7) is 4.38. The highest BCUT2D eigenvalue weighted by Gasteiger charge is 2.28. The fraction of sp³-hybridized carbons (Fsp3) is 0.350. The number of amides is 1. The van der Waals surface area contributed by atoms with E-state index in [1.54, 1.807) is 0 Å². The van der Waals surface area contributed by atoms with E-state index < -0.39 is 16.1 Å². The molecular weight excluding hydrogens is 400 g/mol. The quantitative estimate of drug-likeness (QED) is 0.648. The summed E-state index contributed by atoms with van der Waals surface area (Å²) >= 11 is 5.97. The van der Waals surface area contributed by atoms with Crippen LogP contribution < -0.4 is 14.8 Å². The molecule has 0 aliphatic rings. The molecule has 0 unspecified atom stereocenters. The van der Waals surface area contributed by atoms with Crippen LogP contribution in [-0.2, 0) is 21.2 Å². The van der Waals surface area contributed by atoms with Gasteiger partial charge in [-0.15, -0.1) is 0 Å². The highest BCUT2D eigenvalue weighted by atomic mass is 35.5. The molecule has 0 aliphatic carbocycles. The zero-order valence-corrected chi connectivity index (χ0v) is 17.7. The van der Waals surface area contributed by atoms with Crippen molar-refractivity contribution in [3.63, 3.8) is 0 Å². The van der Waals surface area contributed by atoms with E-state index in [0.29, 0.717) is 6.54 Å². The van der Waals surface area contributed by atoms with Gasteiger partial charge in [0.05, 0.1) is 7.11 Å². The Hall–Kier alpha value is -2.09. The lowest BCUT2D eigenvalue weighted by atomic mass is 10.1. The number of hydrogen-bond donors (Lipinski definition) is 2. The average molecular weight is 425 g/mol. The van der Waals surface area contributed by atoms with E-state index in [1.165, 1.54) is 25.3 Å². The second kappa shape index (κ2) is 9.91. The van der Waals surface area contributed by atoms with Crippen LogP contribution in [0.15, 0.2) is 53.4 Å². The Kier molecular flexibility index (Phi) is 7.86. The molecule has 2 N–H and O–H groups in total. The van der Waals surface area contributed by atoms with Gasteiger partial charge in [0.1, 0.15) is 16.7 Å². The molecular formula is C20H25ClN2O4S. The summed E-state index contributed by atoms with van der Waals surface area (Å²) in [4.78, 5) is 12.6. The maximum atomic E-state index is 13.0. The first kappa shape index (κ1) is 22.2. The SMILES string of the molecule is COc1ccc(Cl)cc1S(=O)(=O)N[C@H](Cc1ccccc1)C(=O)NCC(C)C. The number of carbonyl (C=O) groups excluding carboxylic acids is 1. The van der Waals surface area contributed by atoms with E-state index in [9.17, 15) is 13.2 Å². The molecule has 2 aromatic rings. The molecule has 0 aliphatic heterocycles. The van der Waals surface area contributed by atoms with Gasteiger partial charge in [-0.2, -0.15) is 4.72 Å². The maximum absolute atomic E-state index is 13.0. The number of hydrogen-bond acceptors (Lipinski definition) is 4. The van der Waals surface area contributed by atoms with Crippen LogP contribution in [-0.4, -0.2) is 34.0 Å². The van der Waals surface area contributed by atoms with Crippen LogP contribution in [0.3, 0.4) is 0 Å². The van der Waals surface area contributed by atoms with Crippen LogP contribution in [0.25, 0.3) is 0 Å². The molecule has 2 aromatic carbocycles. The zero-order valence-electron chi connectivity index (χ0n) is 16.1. The molecule has 152 valence electrons. The minimum absolute atomic E-state index is 0.114. The van der Waals surface area contributed by atoms with Crippen molar-refractivity contribution in [2.75, 3.05) is 13.7 Å². The van der Waals surface area contributed by atoms with Gasteiger partial charge in [-0.25, -0.2) is 8.42 Å². The second-order valence-electron chi connectivity index (χ2n) is 6.80. The Labute approximate surface area is 171 Å². The van der Waals surface area contributed by atoms with E-state index in [1.807, 2.05) is 44.2 Å². The third kappa shape index (κ3) is 6.22. The van der Waals surface area contributed by atoms with Crippen molar-refractivity contribution in [3.05, 3.63) is 59.1 Å². The Morgan fingerprint density at radius 3 is 2.43 bits per heavy atom. The van der Waals surface area contributed by atoms with Gasteiger partial charge in [-0.05, 0) is 36.1 Å². The Morgan fingerprint density at radius 2 is 1.82 bits per heavy atom. The lowest BCUT2D eigenvalue weighted by Crippen LogP contribution is -2.48. The van der Waals surface area contributed by atoms with Crippen molar-refractivity contribution in [1.29, 1.82) is 0 Å². The lowest BCUT2D eigenvalue weighted by Gasteiger charge is -2.20. The molecule has 0 aromatic heterocycles. The van der Waals surface area contributed by atoms with Crippen molar-refractivity contribution in [3.8, 4) is 5.75 Å². The minimum atomic E-state index is -4.05. The number of ether oxygens (including phenoxy) is 1. The van der Waals surface area contributed by atoms with Crippen LogP contribution >= 0.6 is 11.6 Å². The van der Waals surface area contributed by atoms with Gasteiger partial charge in [-0.1, -0.05) is 55.8 Å². The van der Waals surface area contributed by atoms with E-state index in [0.717, 1.165) is 5.56 Å². The number of halogens is 1. The summed E-state index contributed by atoms with van der Waals surface area (Å²) < 4.78 is 33.6. The van der Waals surface area contributed by atoms with Crippen molar-refractivity contribution in [2.45, 2.75) is 31.2 Å². The summed E-state index contributed by atoms with van der Waals surface area (Å²) in [5, 5.41) is 3.05. The number of benzene rings is 2. The van der Waals surface area contributed by atoms with Gasteiger partial charge in [0, 0.05) is 11.6 Å². The first-order valence-corrected chi connectivity index (χ1v) is 10.8. The predicted molar refractivity (Wildman–Crippen MR) is 110 cm³/mol. The molecule has 6 nitrogen and oxygen atoms in total. The molecule has 8 heteroatoms. The molecule has 28 heavy (non-hydrogen) atoms. The van der Waals surface area contributed by atoms with E-state index >= 15 is 0 Å². The second-order valence-corrected chi connectivity index (χ2v) is 8.92. The zero-order chi connectivity index (χ0) is 20.7. The largest absolute Gasteiger partial charge is 0.495 e. The molecule has 0 radical (unpaired) electrons. The van der Waals surface area contributed by atoms with Crippen molar-refractivity contribution in [1.82, 2.24) is 10.0 Å². The normalized spacial score (nSPS) is 12.6. The Bertz CT molecular complexity index is 902. The first-order chi connectivity index (χ1) is 13.2. The third-order valence-electron chi connectivity index (χ3n) is 4.00. The molecule has 2 rings (SSSR count). The average Bonchev–Trinajstić information content (AvgIpc) is 2.66. The Morgan fingerprint density at radius 1 is 1.14 bits per heavy atom. The summed E-state index contributed by atoms with van der Waals surface area (Å²) in [5.41, 5.74) is 0.841. The molecule has 0 spiro atoms. The van der Waals surface area contributed by atoms with Gasteiger partial charge < -0.3 is 10.1 Å². The number of sulfonamides is 1. The molecule has 0 bridgehead atoms. The maximum Gasteiger partial charge on any atom is 0.245 e. The van der Waals surface area contributed by atoms with Gasteiger partial charge >= 0.3 is 0 Å². The summed E-state index contributed by atoms with van der Waals surface area (Å²) in [7, 11) is -2.67. The molecule has 0 heterocycles. The monoisotopic (exact) mass is 424 g/mol. The standard InChI is InChI=1S/C20H25ClN2O4S/c1-14(2)13-22-20(24)17(11-15-7-5-4-6-8-15)23-28(25,26)19-12-16(21)9-10-18(19)27-3/h4-10,12,14,17,23H,11,13H2,1-3H3,(H,22,24)/t17-/m1/s1. The fourth-order valence-corrected chi connectivity index (χ4v) is 4.20. The van der Waals surface area contributed by atoms with Gasteiger partial charge in [0.2, 0.25) is 15.9 Å². The number of nitrogens with one attached hydrogen (secondary N) is 2. The van der Waals surface area contributed by atoms with Crippen LogP contribution in [0.4, 0.5) is 0 Å². The van der Waals surface area contributed by atoms with Crippen LogP contribution in [0.2, 0.25) is 5.02 Å². The number of rotatable bonds is 9. The summed E-state index contributed by atoms with van der Waals surface area (Å²) in [6.07, 6.45) is 0.215. The van der Waals surface area contributed by atoms with Crippen molar-refractivity contribution >= 4 is 27.5 Å². The van der Waals surface area contributed by atoms with Crippen molar-refractivity contribution < 1.29 is 17.9 Å². The van der Waals surface area contributed by atoms with E-state index in [2.05, 4.69) is 10.0 Å². The van der Waals surface area contributed by atoms with Crippen LogP contribution in [0.5, 0.6) is 5.75 Å². The van der Waals surface area contributed by atoms with Crippen molar-refractivity contribution in [2.24, 2.45) is 5.92 Å². The fourth-order valence-electron chi connectivity index (χ4n) is 2.58. The first-order valence-electron chi connectivity index (χ1n) is 8.90. The summed E-state index contributed by atoms with van der Waals surface area (Å²) in [6, 6.07) is 12.6. The van der Waals surface area contributed by atoms with E-state index in [4.69, 9.17) is 16.3 Å². The predicted octanol–water partition coefficient (Wildman–Crippen LogP) is 3.01. The third-order valence-corrected chi connectivity index (χ3v) is 5.72. The smallest absolute Gasteiger partial charge is 0.245 e. The Balaban J connectivity index is 2.32. The van der Waals surface area contributed by atoms with E-state index in [-0.39, 0.29) is 33.9 Å². The molecule has 0 fully saturated rings. The van der Waals surface area contributed by atoms with Crippen LogP contribution in [0, 0.1) is 5.92 Å². The van der Waals surface area contributed by atoms with Gasteiger partial charge in [-0.3, -0.25) is 4.79 Å². The van der Waals surface area contributed by atoms with Gasteiger partial charge in [0.15, 0.2) is 0 Å². The lowest BCUT2D eigenvalue weighted by molar-refractivity contribution is -0.122. The number of carbonyl (C=O) groups is 1.